The van der Waals surface area contributed by atoms with Crippen molar-refractivity contribution in [2.24, 2.45) is 5.92 Å². The van der Waals surface area contributed by atoms with Gasteiger partial charge < -0.3 is 5.32 Å². The van der Waals surface area contributed by atoms with Gasteiger partial charge in [-0.15, -0.1) is 6.58 Å². The highest BCUT2D eigenvalue weighted by Crippen LogP contribution is 2.50. The van der Waals surface area contributed by atoms with Crippen molar-refractivity contribution in [1.82, 2.24) is 5.32 Å². The largest absolute Gasteiger partial charge is 0.317 e. The first kappa shape index (κ1) is 12.4. The molecular formula is C16H23N. The van der Waals surface area contributed by atoms with Crippen LogP contribution >= 0.6 is 0 Å². The zero-order valence-corrected chi connectivity index (χ0v) is 10.7. The molecule has 0 aromatic heterocycles. The predicted octanol–water partition coefficient (Wildman–Crippen LogP) is 3.73. The minimum Gasteiger partial charge on any atom is -0.317 e. The fourth-order valence-electron chi connectivity index (χ4n) is 2.80. The van der Waals surface area contributed by atoms with Crippen LogP contribution in [0.25, 0.3) is 0 Å². The van der Waals surface area contributed by atoms with Crippen molar-refractivity contribution in [1.29, 1.82) is 0 Å². The molecule has 0 heterocycles. The minimum atomic E-state index is 0.681. The molecule has 0 aliphatic heterocycles. The Kier molecular flexibility index (Phi) is 4.38. The van der Waals surface area contributed by atoms with Gasteiger partial charge in [0.05, 0.1) is 0 Å². The van der Waals surface area contributed by atoms with Crippen molar-refractivity contribution in [3.8, 4) is 0 Å². The van der Waals surface area contributed by atoms with E-state index in [2.05, 4.69) is 49.3 Å². The number of hydrogen-bond acceptors (Lipinski definition) is 1. The Balaban J connectivity index is 1.85. The quantitative estimate of drug-likeness (QED) is 0.555. The number of hydrogen-bond donors (Lipinski definition) is 1. The molecule has 1 saturated carbocycles. The Hall–Kier alpha value is -1.08. The number of allylic oxidation sites excluding steroid dienone is 1. The number of rotatable bonds is 7. The van der Waals surface area contributed by atoms with Gasteiger partial charge >= 0.3 is 0 Å². The molecule has 3 unspecified atom stereocenters. The first-order valence-electron chi connectivity index (χ1n) is 6.70. The molecule has 1 aromatic carbocycles. The fraction of sp³-hybridized carbons (Fsp3) is 0.500. The molecule has 92 valence electrons. The lowest BCUT2D eigenvalue weighted by Gasteiger charge is -2.15. The summed E-state index contributed by atoms with van der Waals surface area (Å²) in [5.41, 5.74) is 1.52. The van der Waals surface area contributed by atoms with Crippen molar-refractivity contribution in [3.63, 3.8) is 0 Å². The van der Waals surface area contributed by atoms with E-state index in [0.717, 1.165) is 18.3 Å². The monoisotopic (exact) mass is 229 g/mol. The normalized spacial score (nSPS) is 24.3. The lowest BCUT2D eigenvalue weighted by atomic mass is 10.0. The Bertz CT molecular complexity index is 344. The predicted molar refractivity (Wildman–Crippen MR) is 74.2 cm³/mol. The molecule has 0 bridgehead atoms. The Labute approximate surface area is 105 Å². The molecule has 1 aliphatic carbocycles. The van der Waals surface area contributed by atoms with E-state index >= 15 is 0 Å². The standard InChI is InChI=1S/C16H23N/c1-3-4-6-11-16(17-2)15-12-14(15)13-9-7-5-8-10-13/h3,5,7-10,14-17H,1,4,6,11-12H2,2H3. The third-order valence-electron chi connectivity index (χ3n) is 3.88. The molecule has 1 aliphatic rings. The highest BCUT2D eigenvalue weighted by Gasteiger charge is 2.42. The number of benzene rings is 1. The van der Waals surface area contributed by atoms with Gasteiger partial charge in [-0.3, -0.25) is 0 Å². The van der Waals surface area contributed by atoms with Gasteiger partial charge in [-0.2, -0.15) is 0 Å². The smallest absolute Gasteiger partial charge is 0.00984 e. The molecule has 0 amide bonds. The molecule has 1 N–H and O–H groups in total. The molecule has 1 fully saturated rings. The van der Waals surface area contributed by atoms with Crippen LogP contribution in [-0.4, -0.2) is 13.1 Å². The first-order valence-corrected chi connectivity index (χ1v) is 6.70. The van der Waals surface area contributed by atoms with Crippen molar-refractivity contribution in [2.75, 3.05) is 7.05 Å². The third kappa shape index (κ3) is 3.19. The van der Waals surface area contributed by atoms with E-state index in [9.17, 15) is 0 Å². The van der Waals surface area contributed by atoms with Crippen LogP contribution in [0.2, 0.25) is 0 Å². The molecule has 0 radical (unpaired) electrons. The second-order valence-corrected chi connectivity index (χ2v) is 5.03. The van der Waals surface area contributed by atoms with Gasteiger partial charge in [0.15, 0.2) is 0 Å². The number of nitrogens with one attached hydrogen (secondary N) is 1. The molecule has 1 nitrogen and oxygen atoms in total. The van der Waals surface area contributed by atoms with Crippen LogP contribution in [0.4, 0.5) is 0 Å². The summed E-state index contributed by atoms with van der Waals surface area (Å²) in [6.07, 6.45) is 7.04. The molecule has 0 saturated heterocycles. The summed E-state index contributed by atoms with van der Waals surface area (Å²) in [6, 6.07) is 11.6. The maximum Gasteiger partial charge on any atom is 0.00984 e. The van der Waals surface area contributed by atoms with Crippen molar-refractivity contribution >= 4 is 0 Å². The van der Waals surface area contributed by atoms with E-state index in [-0.39, 0.29) is 0 Å². The third-order valence-corrected chi connectivity index (χ3v) is 3.88. The SMILES string of the molecule is C=CCCCC(NC)C1CC1c1ccccc1. The zero-order valence-electron chi connectivity index (χ0n) is 10.7. The van der Waals surface area contributed by atoms with Gasteiger partial charge in [0.1, 0.15) is 0 Å². The van der Waals surface area contributed by atoms with E-state index in [1.165, 1.54) is 24.8 Å². The molecule has 2 rings (SSSR count). The van der Waals surface area contributed by atoms with Gasteiger partial charge in [0, 0.05) is 6.04 Å². The fourth-order valence-corrected chi connectivity index (χ4v) is 2.80. The van der Waals surface area contributed by atoms with Crippen LogP contribution in [0.1, 0.15) is 37.2 Å². The van der Waals surface area contributed by atoms with Gasteiger partial charge in [-0.25, -0.2) is 0 Å². The molecule has 0 spiro atoms. The maximum atomic E-state index is 3.79. The summed E-state index contributed by atoms with van der Waals surface area (Å²) in [4.78, 5) is 0. The van der Waals surface area contributed by atoms with E-state index in [1.807, 2.05) is 6.08 Å². The lowest BCUT2D eigenvalue weighted by molar-refractivity contribution is 0.451. The summed E-state index contributed by atoms with van der Waals surface area (Å²) >= 11 is 0. The van der Waals surface area contributed by atoms with Crippen molar-refractivity contribution in [2.45, 2.75) is 37.6 Å². The van der Waals surface area contributed by atoms with Crippen LogP contribution in [-0.2, 0) is 0 Å². The number of unbranched alkanes of at least 4 members (excludes halogenated alkanes) is 1. The van der Waals surface area contributed by atoms with E-state index in [0.29, 0.717) is 6.04 Å². The van der Waals surface area contributed by atoms with Gasteiger partial charge in [-0.1, -0.05) is 36.4 Å². The van der Waals surface area contributed by atoms with Gasteiger partial charge in [0.2, 0.25) is 0 Å². The van der Waals surface area contributed by atoms with Crippen LogP contribution in [0.3, 0.4) is 0 Å². The average molecular weight is 229 g/mol. The summed E-state index contributed by atoms with van der Waals surface area (Å²) in [5, 5.41) is 3.49. The topological polar surface area (TPSA) is 12.0 Å². The highest BCUT2D eigenvalue weighted by molar-refractivity contribution is 5.26. The summed E-state index contributed by atoms with van der Waals surface area (Å²) in [7, 11) is 2.10. The van der Waals surface area contributed by atoms with Crippen molar-refractivity contribution in [3.05, 3.63) is 48.6 Å². The summed E-state index contributed by atoms with van der Waals surface area (Å²) in [5.74, 6) is 1.63. The Morgan fingerprint density at radius 1 is 1.41 bits per heavy atom. The van der Waals surface area contributed by atoms with Crippen LogP contribution < -0.4 is 5.32 Å². The van der Waals surface area contributed by atoms with Gasteiger partial charge in [-0.05, 0) is 50.1 Å². The van der Waals surface area contributed by atoms with E-state index < -0.39 is 0 Å². The summed E-state index contributed by atoms with van der Waals surface area (Å²) in [6.45, 7) is 3.79. The Morgan fingerprint density at radius 3 is 2.82 bits per heavy atom. The van der Waals surface area contributed by atoms with E-state index in [4.69, 9.17) is 0 Å². The zero-order chi connectivity index (χ0) is 12.1. The molecule has 1 heteroatoms. The van der Waals surface area contributed by atoms with Crippen molar-refractivity contribution < 1.29 is 0 Å². The van der Waals surface area contributed by atoms with Crippen LogP contribution in [0.15, 0.2) is 43.0 Å². The second-order valence-electron chi connectivity index (χ2n) is 5.03. The Morgan fingerprint density at radius 2 is 2.18 bits per heavy atom. The summed E-state index contributed by atoms with van der Waals surface area (Å²) < 4.78 is 0. The van der Waals surface area contributed by atoms with E-state index in [1.54, 1.807) is 0 Å². The van der Waals surface area contributed by atoms with Crippen LogP contribution in [0.5, 0.6) is 0 Å². The molecule has 17 heavy (non-hydrogen) atoms. The molecule has 3 atom stereocenters. The molecule has 1 aromatic rings. The minimum absolute atomic E-state index is 0.681. The molecular weight excluding hydrogens is 206 g/mol. The van der Waals surface area contributed by atoms with Gasteiger partial charge in [0.25, 0.3) is 0 Å². The maximum absolute atomic E-state index is 3.79. The van der Waals surface area contributed by atoms with Crippen LogP contribution in [0, 0.1) is 5.92 Å². The lowest BCUT2D eigenvalue weighted by Crippen LogP contribution is -2.27. The first-order chi connectivity index (χ1) is 8.36. The average Bonchev–Trinajstić information content (AvgIpc) is 3.16. The second kappa shape index (κ2) is 6.02. The highest BCUT2D eigenvalue weighted by atomic mass is 14.9.